The van der Waals surface area contributed by atoms with Crippen LogP contribution in [0.5, 0.6) is 17.2 Å². The zero-order valence-corrected chi connectivity index (χ0v) is 16.2. The highest BCUT2D eigenvalue weighted by Crippen LogP contribution is 2.30. The van der Waals surface area contributed by atoms with Crippen molar-refractivity contribution in [2.75, 3.05) is 18.9 Å². The topological polar surface area (TPSA) is 90.9 Å². The van der Waals surface area contributed by atoms with Crippen molar-refractivity contribution < 1.29 is 14.4 Å². The fourth-order valence-corrected chi connectivity index (χ4v) is 2.88. The van der Waals surface area contributed by atoms with Gasteiger partial charge in [0.1, 0.15) is 29.5 Å². The zero-order valence-electron chi connectivity index (χ0n) is 16.2. The van der Waals surface area contributed by atoms with Crippen molar-refractivity contribution in [1.29, 1.82) is 0 Å². The molecule has 146 valence electrons. The van der Waals surface area contributed by atoms with Gasteiger partial charge in [0.15, 0.2) is 0 Å². The van der Waals surface area contributed by atoms with Gasteiger partial charge in [-0.3, -0.25) is 15.0 Å². The van der Waals surface area contributed by atoms with Crippen LogP contribution in [0.15, 0.2) is 42.5 Å². The Bertz CT molecular complexity index is 752. The first-order valence-electron chi connectivity index (χ1n) is 8.98. The summed E-state index contributed by atoms with van der Waals surface area (Å²) in [6.07, 6.45) is 0. The number of hydrogen-bond acceptors (Lipinski definition) is 6. The van der Waals surface area contributed by atoms with E-state index in [4.69, 9.17) is 15.2 Å². The van der Waals surface area contributed by atoms with E-state index in [9.17, 15) is 10.1 Å². The number of anilines is 1. The summed E-state index contributed by atoms with van der Waals surface area (Å²) in [6, 6.07) is 12.5. The Morgan fingerprint density at radius 2 is 1.56 bits per heavy atom. The molecular formula is C20H27N3O4. The van der Waals surface area contributed by atoms with Crippen LogP contribution in [0.4, 0.5) is 11.4 Å². The molecule has 0 saturated carbocycles. The molecule has 0 aliphatic carbocycles. The second kappa shape index (κ2) is 9.23. The van der Waals surface area contributed by atoms with Crippen LogP contribution in [0, 0.1) is 10.1 Å². The smallest absolute Gasteiger partial charge is 0.292 e. The lowest BCUT2D eigenvalue weighted by Gasteiger charge is -2.30. The standard InChI is InChI=1S/C20H27N3O4/c1-14(2)22(15(3)4)11-12-26-16-5-7-17(8-6-16)27-18-9-10-20(23(24)25)19(21)13-18/h5-10,13-15H,11-12,21H2,1-4H3. The van der Waals surface area contributed by atoms with Crippen LogP contribution in [0.25, 0.3) is 0 Å². The van der Waals surface area contributed by atoms with E-state index in [0.29, 0.717) is 30.2 Å². The van der Waals surface area contributed by atoms with Gasteiger partial charge >= 0.3 is 0 Å². The van der Waals surface area contributed by atoms with Gasteiger partial charge in [-0.1, -0.05) is 0 Å². The normalized spacial score (nSPS) is 11.2. The Labute approximate surface area is 159 Å². The van der Waals surface area contributed by atoms with Gasteiger partial charge in [0, 0.05) is 30.8 Å². The van der Waals surface area contributed by atoms with Crippen molar-refractivity contribution in [3.63, 3.8) is 0 Å². The molecular weight excluding hydrogens is 346 g/mol. The summed E-state index contributed by atoms with van der Waals surface area (Å²) < 4.78 is 11.5. The Kier molecular flexibility index (Phi) is 7.01. The van der Waals surface area contributed by atoms with Crippen LogP contribution in [0.3, 0.4) is 0 Å². The van der Waals surface area contributed by atoms with Crippen LogP contribution in [0.2, 0.25) is 0 Å². The minimum absolute atomic E-state index is 0.0670. The number of nitro groups is 1. The van der Waals surface area contributed by atoms with Crippen molar-refractivity contribution in [1.82, 2.24) is 4.90 Å². The fraction of sp³-hybridized carbons (Fsp3) is 0.400. The molecule has 2 aromatic carbocycles. The van der Waals surface area contributed by atoms with Crippen molar-refractivity contribution in [2.24, 2.45) is 0 Å². The molecule has 2 rings (SSSR count). The first-order chi connectivity index (χ1) is 12.8. The third-order valence-electron chi connectivity index (χ3n) is 4.20. The molecule has 0 fully saturated rings. The van der Waals surface area contributed by atoms with Gasteiger partial charge < -0.3 is 15.2 Å². The van der Waals surface area contributed by atoms with E-state index in [1.54, 1.807) is 12.1 Å². The summed E-state index contributed by atoms with van der Waals surface area (Å²) in [5.41, 5.74) is 5.61. The predicted octanol–water partition coefficient (Wildman–Crippen LogP) is 4.47. The molecule has 0 atom stereocenters. The molecule has 0 amide bonds. The van der Waals surface area contributed by atoms with Crippen LogP contribution >= 0.6 is 0 Å². The summed E-state index contributed by atoms with van der Waals surface area (Å²) in [6.45, 7) is 10.2. The lowest BCUT2D eigenvalue weighted by atomic mass is 10.2. The minimum Gasteiger partial charge on any atom is -0.492 e. The van der Waals surface area contributed by atoms with Gasteiger partial charge in [-0.05, 0) is 58.0 Å². The third-order valence-corrected chi connectivity index (χ3v) is 4.20. The van der Waals surface area contributed by atoms with E-state index in [0.717, 1.165) is 12.3 Å². The second-order valence-corrected chi connectivity index (χ2v) is 6.82. The van der Waals surface area contributed by atoms with Crippen molar-refractivity contribution in [2.45, 2.75) is 39.8 Å². The molecule has 0 radical (unpaired) electrons. The SMILES string of the molecule is CC(C)N(CCOc1ccc(Oc2ccc([N+](=O)[O-])c(N)c2)cc1)C(C)C. The fourth-order valence-electron chi connectivity index (χ4n) is 2.88. The quantitative estimate of drug-likeness (QED) is 0.396. The molecule has 0 aromatic heterocycles. The maximum Gasteiger partial charge on any atom is 0.292 e. The average molecular weight is 373 g/mol. The first-order valence-corrected chi connectivity index (χ1v) is 8.98. The van der Waals surface area contributed by atoms with Crippen molar-refractivity contribution in [3.05, 3.63) is 52.6 Å². The molecule has 0 aliphatic heterocycles. The molecule has 0 unspecified atom stereocenters. The van der Waals surface area contributed by atoms with Crippen LogP contribution < -0.4 is 15.2 Å². The van der Waals surface area contributed by atoms with E-state index in [1.807, 2.05) is 12.1 Å². The Morgan fingerprint density at radius 1 is 1.00 bits per heavy atom. The number of nitrogens with zero attached hydrogens (tertiary/aromatic N) is 2. The second-order valence-electron chi connectivity index (χ2n) is 6.82. The van der Waals surface area contributed by atoms with Gasteiger partial charge in [0.05, 0.1) is 4.92 Å². The Morgan fingerprint density at radius 3 is 2.07 bits per heavy atom. The van der Waals surface area contributed by atoms with Gasteiger partial charge in [-0.25, -0.2) is 0 Å². The number of ether oxygens (including phenoxy) is 2. The number of nitrogens with two attached hydrogens (primary N) is 1. The maximum absolute atomic E-state index is 10.8. The molecule has 2 N–H and O–H groups in total. The van der Waals surface area contributed by atoms with E-state index in [2.05, 4.69) is 32.6 Å². The molecule has 0 aliphatic rings. The maximum atomic E-state index is 10.8. The van der Waals surface area contributed by atoms with E-state index in [-0.39, 0.29) is 11.4 Å². The molecule has 27 heavy (non-hydrogen) atoms. The van der Waals surface area contributed by atoms with Crippen molar-refractivity contribution in [3.8, 4) is 17.2 Å². The minimum atomic E-state index is -0.523. The Hall–Kier alpha value is -2.80. The summed E-state index contributed by atoms with van der Waals surface area (Å²) in [5.74, 6) is 1.80. The largest absolute Gasteiger partial charge is 0.492 e. The number of hydrogen-bond donors (Lipinski definition) is 1. The highest BCUT2D eigenvalue weighted by atomic mass is 16.6. The molecule has 7 heteroatoms. The van der Waals surface area contributed by atoms with Gasteiger partial charge in [0.2, 0.25) is 0 Å². The number of benzene rings is 2. The molecule has 0 saturated heterocycles. The summed E-state index contributed by atoms with van der Waals surface area (Å²) in [5, 5.41) is 10.8. The van der Waals surface area contributed by atoms with Crippen molar-refractivity contribution >= 4 is 11.4 Å². The molecule has 0 bridgehead atoms. The van der Waals surface area contributed by atoms with Gasteiger partial charge in [-0.15, -0.1) is 0 Å². The number of nitro benzene ring substituents is 1. The first kappa shape index (κ1) is 20.5. The summed E-state index contributed by atoms with van der Waals surface area (Å²) >= 11 is 0. The highest BCUT2D eigenvalue weighted by molar-refractivity contribution is 5.61. The molecule has 7 nitrogen and oxygen atoms in total. The van der Waals surface area contributed by atoms with E-state index < -0.39 is 4.92 Å². The number of nitrogen functional groups attached to an aromatic ring is 1. The summed E-state index contributed by atoms with van der Waals surface area (Å²) in [4.78, 5) is 12.6. The van der Waals surface area contributed by atoms with E-state index in [1.165, 1.54) is 18.2 Å². The van der Waals surface area contributed by atoms with Crippen LogP contribution in [-0.2, 0) is 0 Å². The average Bonchev–Trinajstić information content (AvgIpc) is 2.59. The van der Waals surface area contributed by atoms with Crippen LogP contribution in [-0.4, -0.2) is 35.1 Å². The van der Waals surface area contributed by atoms with Gasteiger partial charge in [-0.2, -0.15) is 0 Å². The Balaban J connectivity index is 1.91. The number of rotatable bonds is 9. The molecule has 2 aromatic rings. The lowest BCUT2D eigenvalue weighted by Crippen LogP contribution is -2.39. The van der Waals surface area contributed by atoms with Crippen LogP contribution in [0.1, 0.15) is 27.7 Å². The third kappa shape index (κ3) is 5.86. The van der Waals surface area contributed by atoms with E-state index >= 15 is 0 Å². The molecule has 0 spiro atoms. The van der Waals surface area contributed by atoms with Gasteiger partial charge in [0.25, 0.3) is 5.69 Å². The summed E-state index contributed by atoms with van der Waals surface area (Å²) in [7, 11) is 0. The lowest BCUT2D eigenvalue weighted by molar-refractivity contribution is -0.383. The predicted molar refractivity (Wildman–Crippen MR) is 106 cm³/mol. The highest BCUT2D eigenvalue weighted by Gasteiger charge is 2.13. The zero-order chi connectivity index (χ0) is 20.0. The monoisotopic (exact) mass is 373 g/mol. The molecule has 0 heterocycles.